The molecule has 29 heavy (non-hydrogen) atoms. The minimum Gasteiger partial charge on any atom is -0.449 e. The molecule has 0 aliphatic rings. The van der Waals surface area contributed by atoms with Crippen LogP contribution in [0.2, 0.25) is 0 Å². The molecular formula is C20H21F3N2O4. The maximum Gasteiger partial charge on any atom is 0.573 e. The van der Waals surface area contributed by atoms with E-state index in [-0.39, 0.29) is 30.6 Å². The molecule has 0 spiro atoms. The second kappa shape index (κ2) is 9.81. The molecule has 2 aromatic carbocycles. The van der Waals surface area contributed by atoms with Gasteiger partial charge in [0.1, 0.15) is 5.75 Å². The highest BCUT2D eigenvalue weighted by Crippen LogP contribution is 2.23. The van der Waals surface area contributed by atoms with Gasteiger partial charge in [0, 0.05) is 11.4 Å². The van der Waals surface area contributed by atoms with Gasteiger partial charge in [0.25, 0.3) is 0 Å². The Bertz CT molecular complexity index is 836. The number of halogens is 3. The van der Waals surface area contributed by atoms with E-state index in [2.05, 4.69) is 15.4 Å². The summed E-state index contributed by atoms with van der Waals surface area (Å²) < 4.78 is 45.3. The third kappa shape index (κ3) is 8.54. The van der Waals surface area contributed by atoms with Gasteiger partial charge in [0.05, 0.1) is 13.0 Å². The van der Waals surface area contributed by atoms with Crippen molar-refractivity contribution in [1.29, 1.82) is 0 Å². The van der Waals surface area contributed by atoms with Crippen LogP contribution in [0.1, 0.15) is 19.4 Å². The lowest BCUT2D eigenvalue weighted by molar-refractivity contribution is -0.274. The summed E-state index contributed by atoms with van der Waals surface area (Å²) >= 11 is 0. The van der Waals surface area contributed by atoms with Gasteiger partial charge >= 0.3 is 12.5 Å². The van der Waals surface area contributed by atoms with Crippen LogP contribution in [-0.4, -0.2) is 25.0 Å². The Morgan fingerprint density at radius 2 is 1.62 bits per heavy atom. The Labute approximate surface area is 166 Å². The predicted octanol–water partition coefficient (Wildman–Crippen LogP) is 4.97. The number of hydrogen-bond donors (Lipinski definition) is 2. The number of benzene rings is 2. The number of ether oxygens (including phenoxy) is 2. The Morgan fingerprint density at radius 3 is 2.21 bits per heavy atom. The molecule has 9 heteroatoms. The molecule has 2 N–H and O–H groups in total. The smallest absolute Gasteiger partial charge is 0.449 e. The zero-order chi connectivity index (χ0) is 21.4. The van der Waals surface area contributed by atoms with E-state index < -0.39 is 12.5 Å². The highest BCUT2D eigenvalue weighted by Gasteiger charge is 2.30. The summed E-state index contributed by atoms with van der Waals surface area (Å²) in [6.45, 7) is 4.12. The highest BCUT2D eigenvalue weighted by molar-refractivity contribution is 5.93. The fraction of sp³-hybridized carbons (Fsp3) is 0.300. The number of rotatable bonds is 7. The minimum absolute atomic E-state index is 0.0413. The summed E-state index contributed by atoms with van der Waals surface area (Å²) in [5, 5.41) is 5.23. The van der Waals surface area contributed by atoms with Crippen LogP contribution in [0, 0.1) is 5.92 Å². The van der Waals surface area contributed by atoms with Crippen LogP contribution in [0.5, 0.6) is 5.75 Å². The molecule has 156 valence electrons. The van der Waals surface area contributed by atoms with E-state index in [9.17, 15) is 22.8 Å². The quantitative estimate of drug-likeness (QED) is 0.676. The SMILES string of the molecule is CC(C)COC(=O)Nc1cccc(NC(=O)Cc2ccc(OC(F)(F)F)cc2)c1. The average Bonchev–Trinajstić information content (AvgIpc) is 2.60. The molecular weight excluding hydrogens is 389 g/mol. The van der Waals surface area contributed by atoms with E-state index in [4.69, 9.17) is 4.74 Å². The summed E-state index contributed by atoms with van der Waals surface area (Å²) in [4.78, 5) is 23.9. The maximum atomic E-state index is 12.2. The second-order valence-electron chi connectivity index (χ2n) is 6.61. The molecule has 0 saturated carbocycles. The second-order valence-corrected chi connectivity index (χ2v) is 6.61. The van der Waals surface area contributed by atoms with E-state index in [0.717, 1.165) is 12.1 Å². The van der Waals surface area contributed by atoms with Gasteiger partial charge in [0.2, 0.25) is 5.91 Å². The fourth-order valence-electron chi connectivity index (χ4n) is 2.27. The zero-order valence-corrected chi connectivity index (χ0v) is 15.9. The number of alkyl halides is 3. The molecule has 6 nitrogen and oxygen atoms in total. The first kappa shape index (κ1) is 22.1. The molecule has 0 saturated heterocycles. The van der Waals surface area contributed by atoms with Gasteiger partial charge in [-0.1, -0.05) is 32.0 Å². The van der Waals surface area contributed by atoms with E-state index in [1.807, 2.05) is 13.8 Å². The van der Waals surface area contributed by atoms with Crippen LogP contribution >= 0.6 is 0 Å². The van der Waals surface area contributed by atoms with Crippen molar-refractivity contribution in [3.8, 4) is 5.75 Å². The molecule has 0 heterocycles. The van der Waals surface area contributed by atoms with Gasteiger partial charge in [-0.05, 0) is 41.8 Å². The third-order valence-electron chi connectivity index (χ3n) is 3.46. The molecule has 0 radical (unpaired) electrons. The Hall–Kier alpha value is -3.23. The Kier molecular flexibility index (Phi) is 7.46. The molecule has 2 aromatic rings. The topological polar surface area (TPSA) is 76.7 Å². The van der Waals surface area contributed by atoms with Crippen LogP contribution in [0.3, 0.4) is 0 Å². The number of anilines is 2. The summed E-state index contributed by atoms with van der Waals surface area (Å²) in [5.74, 6) is -0.515. The van der Waals surface area contributed by atoms with Crippen molar-refractivity contribution in [2.75, 3.05) is 17.2 Å². The van der Waals surface area contributed by atoms with Gasteiger partial charge < -0.3 is 14.8 Å². The predicted molar refractivity (Wildman–Crippen MR) is 102 cm³/mol. The minimum atomic E-state index is -4.76. The maximum absolute atomic E-state index is 12.2. The van der Waals surface area contributed by atoms with Crippen molar-refractivity contribution in [3.63, 3.8) is 0 Å². The third-order valence-corrected chi connectivity index (χ3v) is 3.46. The number of amides is 2. The van der Waals surface area contributed by atoms with Crippen LogP contribution in [0.25, 0.3) is 0 Å². The van der Waals surface area contributed by atoms with Gasteiger partial charge in [-0.3, -0.25) is 10.1 Å². The van der Waals surface area contributed by atoms with Gasteiger partial charge in [-0.25, -0.2) is 4.79 Å². The van der Waals surface area contributed by atoms with Crippen molar-refractivity contribution in [3.05, 3.63) is 54.1 Å². The van der Waals surface area contributed by atoms with Gasteiger partial charge in [-0.2, -0.15) is 0 Å². The van der Waals surface area contributed by atoms with Crippen LogP contribution < -0.4 is 15.4 Å². The largest absolute Gasteiger partial charge is 0.573 e. The lowest BCUT2D eigenvalue weighted by Crippen LogP contribution is -2.18. The molecule has 2 amide bonds. The van der Waals surface area contributed by atoms with E-state index >= 15 is 0 Å². The lowest BCUT2D eigenvalue weighted by atomic mass is 10.1. The number of hydrogen-bond acceptors (Lipinski definition) is 4. The van der Waals surface area contributed by atoms with Crippen molar-refractivity contribution >= 4 is 23.4 Å². The van der Waals surface area contributed by atoms with E-state index in [1.165, 1.54) is 12.1 Å². The molecule has 0 unspecified atom stereocenters. The molecule has 0 fully saturated rings. The number of carbonyl (C=O) groups excluding carboxylic acids is 2. The standard InChI is InChI=1S/C20H21F3N2O4/c1-13(2)12-28-19(27)25-16-5-3-4-15(11-16)24-18(26)10-14-6-8-17(9-7-14)29-20(21,22)23/h3-9,11,13H,10,12H2,1-2H3,(H,24,26)(H,25,27). The molecule has 2 rings (SSSR count). The molecule has 0 aliphatic heterocycles. The van der Waals surface area contributed by atoms with Crippen molar-refractivity contribution in [2.45, 2.75) is 26.6 Å². The number of nitrogens with one attached hydrogen (secondary N) is 2. The average molecular weight is 410 g/mol. The summed E-state index contributed by atoms with van der Waals surface area (Å²) in [7, 11) is 0. The molecule has 0 aliphatic carbocycles. The van der Waals surface area contributed by atoms with E-state index in [0.29, 0.717) is 16.9 Å². The van der Waals surface area contributed by atoms with Gasteiger partial charge in [-0.15, -0.1) is 13.2 Å². The highest BCUT2D eigenvalue weighted by atomic mass is 19.4. The van der Waals surface area contributed by atoms with Crippen molar-refractivity contribution < 1.29 is 32.2 Å². The first-order valence-electron chi connectivity index (χ1n) is 8.79. The fourth-order valence-corrected chi connectivity index (χ4v) is 2.27. The number of carbonyl (C=O) groups is 2. The van der Waals surface area contributed by atoms with Crippen LogP contribution in [0.15, 0.2) is 48.5 Å². The first-order valence-corrected chi connectivity index (χ1v) is 8.79. The summed E-state index contributed by atoms with van der Waals surface area (Å²) in [5.41, 5.74) is 1.42. The Balaban J connectivity index is 1.89. The normalized spacial score (nSPS) is 11.1. The van der Waals surface area contributed by atoms with E-state index in [1.54, 1.807) is 24.3 Å². The van der Waals surface area contributed by atoms with Gasteiger partial charge in [0.15, 0.2) is 0 Å². The first-order chi connectivity index (χ1) is 13.6. The van der Waals surface area contributed by atoms with Crippen molar-refractivity contribution in [1.82, 2.24) is 0 Å². The van der Waals surface area contributed by atoms with Crippen molar-refractivity contribution in [2.24, 2.45) is 5.92 Å². The van der Waals surface area contributed by atoms with Crippen LogP contribution in [-0.2, 0) is 16.0 Å². The lowest BCUT2D eigenvalue weighted by Gasteiger charge is -2.11. The Morgan fingerprint density at radius 1 is 1.00 bits per heavy atom. The zero-order valence-electron chi connectivity index (χ0n) is 15.9. The monoisotopic (exact) mass is 410 g/mol. The van der Waals surface area contributed by atoms with Crippen LogP contribution in [0.4, 0.5) is 29.3 Å². The molecule has 0 bridgehead atoms. The summed E-state index contributed by atoms with van der Waals surface area (Å²) in [6, 6.07) is 11.5. The molecule has 0 aromatic heterocycles. The molecule has 0 atom stereocenters. The summed E-state index contributed by atoms with van der Waals surface area (Å²) in [6.07, 6.45) is -5.40.